The van der Waals surface area contributed by atoms with Gasteiger partial charge in [-0.2, -0.15) is 4.98 Å². The van der Waals surface area contributed by atoms with Crippen molar-refractivity contribution < 1.29 is 4.52 Å². The summed E-state index contributed by atoms with van der Waals surface area (Å²) in [5.41, 5.74) is 8.36. The van der Waals surface area contributed by atoms with Crippen molar-refractivity contribution in [3.8, 4) is 11.4 Å². The monoisotopic (exact) mass is 260 g/mol. The summed E-state index contributed by atoms with van der Waals surface area (Å²) in [6.45, 7) is 8.49. The Morgan fingerprint density at radius 1 is 1.21 bits per heavy atom. The summed E-state index contributed by atoms with van der Waals surface area (Å²) < 4.78 is 5.38. The lowest BCUT2D eigenvalue weighted by molar-refractivity contribution is 0.291. The van der Waals surface area contributed by atoms with E-state index in [0.29, 0.717) is 18.3 Å². The molecule has 2 aromatic heterocycles. The second-order valence-electron chi connectivity index (χ2n) is 5.18. The largest absolute Gasteiger partial charge is 0.338 e. The Kier molecular flexibility index (Phi) is 3.66. The van der Waals surface area contributed by atoms with Crippen molar-refractivity contribution in [2.75, 3.05) is 6.54 Å². The zero-order valence-electron chi connectivity index (χ0n) is 11.9. The van der Waals surface area contributed by atoms with Gasteiger partial charge in [0.2, 0.25) is 11.7 Å². The summed E-state index contributed by atoms with van der Waals surface area (Å²) >= 11 is 0. The van der Waals surface area contributed by atoms with Gasteiger partial charge in [-0.25, -0.2) is 0 Å². The number of nitrogens with zero attached hydrogens (tertiary/aromatic N) is 3. The smallest absolute Gasteiger partial charge is 0.234 e. The predicted octanol–water partition coefficient (Wildman–Crippen LogP) is 2.37. The lowest BCUT2D eigenvalue weighted by Crippen LogP contribution is -2.31. The van der Waals surface area contributed by atoms with E-state index in [9.17, 15) is 0 Å². The number of aromatic nitrogens is 3. The minimum atomic E-state index is -0.262. The van der Waals surface area contributed by atoms with Crippen molar-refractivity contribution in [2.45, 2.75) is 39.5 Å². The molecule has 2 rings (SSSR count). The van der Waals surface area contributed by atoms with Crippen LogP contribution in [-0.4, -0.2) is 21.7 Å². The molecule has 0 bridgehead atoms. The first-order chi connectivity index (χ1) is 8.98. The van der Waals surface area contributed by atoms with E-state index in [0.717, 1.165) is 23.4 Å². The molecule has 2 N–H and O–H groups in total. The number of aryl methyl sites for hydroxylation is 2. The van der Waals surface area contributed by atoms with Gasteiger partial charge >= 0.3 is 0 Å². The molecule has 2 heterocycles. The van der Waals surface area contributed by atoms with E-state index in [2.05, 4.69) is 22.0 Å². The summed E-state index contributed by atoms with van der Waals surface area (Å²) in [5.74, 6) is 1.19. The van der Waals surface area contributed by atoms with E-state index in [1.807, 2.05) is 32.9 Å². The van der Waals surface area contributed by atoms with Crippen LogP contribution in [0.2, 0.25) is 0 Å². The Morgan fingerprint density at radius 3 is 2.37 bits per heavy atom. The molecular formula is C14H20N4O. The molecule has 19 heavy (non-hydrogen) atoms. The Labute approximate surface area is 113 Å². The minimum Gasteiger partial charge on any atom is -0.338 e. The van der Waals surface area contributed by atoms with E-state index >= 15 is 0 Å². The fraction of sp³-hybridized carbons (Fsp3) is 0.500. The highest BCUT2D eigenvalue weighted by Crippen LogP contribution is 2.27. The zero-order valence-corrected chi connectivity index (χ0v) is 11.9. The van der Waals surface area contributed by atoms with Crippen LogP contribution in [0.25, 0.3) is 11.4 Å². The highest BCUT2D eigenvalue weighted by Gasteiger charge is 2.29. The van der Waals surface area contributed by atoms with Crippen molar-refractivity contribution in [2.24, 2.45) is 5.73 Å². The highest BCUT2D eigenvalue weighted by molar-refractivity contribution is 5.55. The number of rotatable bonds is 4. The molecule has 0 spiro atoms. The van der Waals surface area contributed by atoms with Crippen LogP contribution in [0.5, 0.6) is 0 Å². The van der Waals surface area contributed by atoms with E-state index in [4.69, 9.17) is 10.3 Å². The van der Waals surface area contributed by atoms with Crippen molar-refractivity contribution in [3.63, 3.8) is 0 Å². The average molecular weight is 260 g/mol. The topological polar surface area (TPSA) is 77.8 Å². The molecule has 1 unspecified atom stereocenters. The molecule has 0 fully saturated rings. The Hall–Kier alpha value is -1.75. The van der Waals surface area contributed by atoms with Crippen molar-refractivity contribution in [3.05, 3.63) is 29.4 Å². The third kappa shape index (κ3) is 2.66. The van der Waals surface area contributed by atoms with Gasteiger partial charge in [-0.05, 0) is 39.3 Å². The molecule has 0 amide bonds. The van der Waals surface area contributed by atoms with Gasteiger partial charge in [0.15, 0.2) is 0 Å². The van der Waals surface area contributed by atoms with E-state index in [-0.39, 0.29) is 5.41 Å². The summed E-state index contributed by atoms with van der Waals surface area (Å²) in [4.78, 5) is 8.83. The molecule has 0 radical (unpaired) electrons. The molecule has 0 aromatic carbocycles. The van der Waals surface area contributed by atoms with Crippen LogP contribution in [0.1, 0.15) is 37.5 Å². The standard InChI is InChI=1S/C14H20N4O/c1-5-14(4,8-15)13-17-12(18-19-13)11-6-9(2)16-10(3)7-11/h6-7H,5,8,15H2,1-4H3. The maximum absolute atomic E-state index is 5.81. The predicted molar refractivity (Wildman–Crippen MR) is 73.7 cm³/mol. The summed E-state index contributed by atoms with van der Waals surface area (Å²) in [7, 11) is 0. The van der Waals surface area contributed by atoms with E-state index < -0.39 is 0 Å². The third-order valence-electron chi connectivity index (χ3n) is 3.51. The second kappa shape index (κ2) is 5.09. The second-order valence-corrected chi connectivity index (χ2v) is 5.18. The maximum Gasteiger partial charge on any atom is 0.234 e. The zero-order chi connectivity index (χ0) is 14.0. The quantitative estimate of drug-likeness (QED) is 0.913. The van der Waals surface area contributed by atoms with E-state index in [1.54, 1.807) is 0 Å². The molecule has 1 atom stereocenters. The van der Waals surface area contributed by atoms with Crippen molar-refractivity contribution in [1.29, 1.82) is 0 Å². The number of nitrogens with two attached hydrogens (primary N) is 1. The number of pyridine rings is 1. The first-order valence-electron chi connectivity index (χ1n) is 6.48. The lowest BCUT2D eigenvalue weighted by atomic mass is 9.88. The molecule has 5 nitrogen and oxygen atoms in total. The van der Waals surface area contributed by atoms with Gasteiger partial charge in [-0.3, -0.25) is 4.98 Å². The van der Waals surface area contributed by atoms with Gasteiger partial charge < -0.3 is 10.3 Å². The van der Waals surface area contributed by atoms with Gasteiger partial charge in [0.25, 0.3) is 0 Å². The van der Waals surface area contributed by atoms with Gasteiger partial charge in [0.1, 0.15) is 0 Å². The Balaban J connectivity index is 2.40. The van der Waals surface area contributed by atoms with Crippen molar-refractivity contribution in [1.82, 2.24) is 15.1 Å². The highest BCUT2D eigenvalue weighted by atomic mass is 16.5. The molecule has 2 aromatic rings. The maximum atomic E-state index is 5.81. The van der Waals surface area contributed by atoms with Crippen LogP contribution in [0.3, 0.4) is 0 Å². The Bertz CT molecular complexity index is 552. The van der Waals surface area contributed by atoms with Crippen LogP contribution in [-0.2, 0) is 5.41 Å². The average Bonchev–Trinajstić information content (AvgIpc) is 2.87. The summed E-state index contributed by atoms with van der Waals surface area (Å²) in [6, 6.07) is 3.90. The van der Waals surface area contributed by atoms with Crippen LogP contribution in [0.15, 0.2) is 16.7 Å². The van der Waals surface area contributed by atoms with Crippen LogP contribution in [0, 0.1) is 13.8 Å². The Morgan fingerprint density at radius 2 is 1.84 bits per heavy atom. The molecule has 0 aliphatic rings. The van der Waals surface area contributed by atoms with Crippen LogP contribution in [0.4, 0.5) is 0 Å². The van der Waals surface area contributed by atoms with Crippen LogP contribution < -0.4 is 5.73 Å². The minimum absolute atomic E-state index is 0.262. The first-order valence-corrected chi connectivity index (χ1v) is 6.48. The normalized spacial score (nSPS) is 14.4. The molecule has 0 saturated carbocycles. The SMILES string of the molecule is CCC(C)(CN)c1nc(-c2cc(C)nc(C)c2)no1. The number of hydrogen-bond donors (Lipinski definition) is 1. The summed E-state index contributed by atoms with van der Waals surface area (Å²) in [5, 5.41) is 4.06. The summed E-state index contributed by atoms with van der Waals surface area (Å²) in [6.07, 6.45) is 0.861. The molecule has 102 valence electrons. The number of hydrogen-bond acceptors (Lipinski definition) is 5. The van der Waals surface area contributed by atoms with E-state index in [1.165, 1.54) is 0 Å². The lowest BCUT2D eigenvalue weighted by Gasteiger charge is -2.20. The van der Waals surface area contributed by atoms with Crippen molar-refractivity contribution >= 4 is 0 Å². The fourth-order valence-electron chi connectivity index (χ4n) is 1.93. The first kappa shape index (κ1) is 13.7. The van der Waals surface area contributed by atoms with Gasteiger partial charge in [-0.15, -0.1) is 0 Å². The third-order valence-corrected chi connectivity index (χ3v) is 3.51. The van der Waals surface area contributed by atoms with Gasteiger partial charge in [-0.1, -0.05) is 12.1 Å². The molecule has 5 heteroatoms. The molecule has 0 saturated heterocycles. The van der Waals surface area contributed by atoms with Crippen LogP contribution >= 0.6 is 0 Å². The molecule has 0 aliphatic heterocycles. The molecular weight excluding hydrogens is 240 g/mol. The fourth-order valence-corrected chi connectivity index (χ4v) is 1.93. The van der Waals surface area contributed by atoms with Gasteiger partial charge in [0, 0.05) is 23.5 Å². The molecule has 0 aliphatic carbocycles. The van der Waals surface area contributed by atoms with Gasteiger partial charge in [0.05, 0.1) is 5.41 Å².